The first kappa shape index (κ1) is 15.9. The van der Waals surface area contributed by atoms with E-state index in [0.29, 0.717) is 10.9 Å². The van der Waals surface area contributed by atoms with Gasteiger partial charge >= 0.3 is 0 Å². The first-order chi connectivity index (χ1) is 9.60. The van der Waals surface area contributed by atoms with Crippen molar-refractivity contribution in [2.45, 2.75) is 19.8 Å². The zero-order valence-electron chi connectivity index (χ0n) is 11.4. The molecule has 2 aromatic rings. The van der Waals surface area contributed by atoms with Gasteiger partial charge in [-0.15, -0.1) is 0 Å². The minimum absolute atomic E-state index is 0.523. The van der Waals surface area contributed by atoms with E-state index < -0.39 is 0 Å². The monoisotopic (exact) mass is 370 g/mol. The molecular weight excluding hydrogens is 355 g/mol. The Morgan fingerprint density at radius 3 is 2.35 bits per heavy atom. The van der Waals surface area contributed by atoms with Crippen molar-refractivity contribution in [1.29, 1.82) is 0 Å². The molecule has 0 nitrogen and oxygen atoms in total. The highest BCUT2D eigenvalue weighted by Crippen LogP contribution is 2.26. The Morgan fingerprint density at radius 1 is 1.00 bits per heavy atom. The molecule has 0 heterocycles. The highest BCUT2D eigenvalue weighted by Gasteiger charge is 2.13. The largest absolute Gasteiger partial charge is 0.0925 e. The number of hydrogen-bond donors (Lipinski definition) is 0. The van der Waals surface area contributed by atoms with E-state index >= 15 is 0 Å². The van der Waals surface area contributed by atoms with E-state index in [9.17, 15) is 0 Å². The molecule has 0 aromatic heterocycles. The van der Waals surface area contributed by atoms with Crippen LogP contribution in [0.3, 0.4) is 0 Å². The molecule has 2 aromatic carbocycles. The standard InChI is InChI=1S/C17H17BrCl2/c1-12-4-2-3-5-14(12)8-13(11-18)9-15-6-7-16(19)10-17(15)20/h2-7,10,13H,8-9,11H2,1H3. The van der Waals surface area contributed by atoms with Crippen LogP contribution < -0.4 is 0 Å². The SMILES string of the molecule is Cc1ccccc1CC(CBr)Cc1ccc(Cl)cc1Cl. The number of benzene rings is 2. The highest BCUT2D eigenvalue weighted by atomic mass is 79.9. The first-order valence-electron chi connectivity index (χ1n) is 6.64. The van der Waals surface area contributed by atoms with E-state index in [4.69, 9.17) is 23.2 Å². The molecule has 20 heavy (non-hydrogen) atoms. The van der Waals surface area contributed by atoms with Gasteiger partial charge in [-0.1, -0.05) is 69.5 Å². The summed E-state index contributed by atoms with van der Waals surface area (Å²) in [5, 5.41) is 2.40. The van der Waals surface area contributed by atoms with Crippen molar-refractivity contribution in [3.05, 3.63) is 69.2 Å². The number of aryl methyl sites for hydroxylation is 1. The van der Waals surface area contributed by atoms with Gasteiger partial charge in [0.15, 0.2) is 0 Å². The van der Waals surface area contributed by atoms with Crippen LogP contribution in [-0.2, 0) is 12.8 Å². The molecule has 0 radical (unpaired) electrons. The molecule has 0 N–H and O–H groups in total. The van der Waals surface area contributed by atoms with Crippen LogP contribution in [0, 0.1) is 12.8 Å². The normalized spacial score (nSPS) is 12.4. The van der Waals surface area contributed by atoms with Gasteiger partial charge < -0.3 is 0 Å². The molecule has 0 spiro atoms. The number of hydrogen-bond acceptors (Lipinski definition) is 0. The van der Waals surface area contributed by atoms with Gasteiger partial charge in [-0.2, -0.15) is 0 Å². The topological polar surface area (TPSA) is 0 Å². The summed E-state index contributed by atoms with van der Waals surface area (Å²) >= 11 is 15.8. The molecule has 0 bridgehead atoms. The molecule has 3 heteroatoms. The van der Waals surface area contributed by atoms with Gasteiger partial charge in [0.2, 0.25) is 0 Å². The van der Waals surface area contributed by atoms with Crippen molar-refractivity contribution < 1.29 is 0 Å². The molecule has 0 aliphatic rings. The second-order valence-corrected chi connectivity index (χ2v) is 6.58. The first-order valence-corrected chi connectivity index (χ1v) is 8.52. The van der Waals surface area contributed by atoms with E-state index in [1.54, 1.807) is 0 Å². The van der Waals surface area contributed by atoms with E-state index in [1.807, 2.05) is 18.2 Å². The Bertz CT molecular complexity index is 581. The second kappa shape index (κ2) is 7.49. The third kappa shape index (κ3) is 4.25. The lowest BCUT2D eigenvalue weighted by molar-refractivity contribution is 0.589. The van der Waals surface area contributed by atoms with Crippen LogP contribution in [0.1, 0.15) is 16.7 Å². The predicted molar refractivity (Wildman–Crippen MR) is 92.3 cm³/mol. The maximum absolute atomic E-state index is 6.27. The Morgan fingerprint density at radius 2 is 1.70 bits per heavy atom. The summed E-state index contributed by atoms with van der Waals surface area (Å²) in [5.74, 6) is 0.523. The lowest BCUT2D eigenvalue weighted by atomic mass is 9.92. The molecule has 106 valence electrons. The molecule has 0 saturated carbocycles. The summed E-state index contributed by atoms with van der Waals surface area (Å²) in [6.45, 7) is 2.16. The summed E-state index contributed by atoms with van der Waals surface area (Å²) in [6, 6.07) is 14.3. The molecular formula is C17H17BrCl2. The molecule has 0 saturated heterocycles. The zero-order chi connectivity index (χ0) is 14.5. The molecule has 0 amide bonds. The highest BCUT2D eigenvalue weighted by molar-refractivity contribution is 9.09. The quantitative estimate of drug-likeness (QED) is 0.557. The van der Waals surface area contributed by atoms with Crippen molar-refractivity contribution in [3.8, 4) is 0 Å². The number of halogens is 3. The van der Waals surface area contributed by atoms with E-state index in [1.165, 1.54) is 11.1 Å². The number of rotatable bonds is 5. The van der Waals surface area contributed by atoms with Gasteiger partial charge in [0.05, 0.1) is 0 Å². The molecule has 0 fully saturated rings. The van der Waals surface area contributed by atoms with Gasteiger partial charge in [0, 0.05) is 15.4 Å². The smallest absolute Gasteiger partial charge is 0.0452 e. The van der Waals surface area contributed by atoms with Crippen LogP contribution >= 0.6 is 39.1 Å². The third-order valence-electron chi connectivity index (χ3n) is 3.51. The minimum atomic E-state index is 0.523. The lowest BCUT2D eigenvalue weighted by Crippen LogP contribution is -2.11. The van der Waals surface area contributed by atoms with Crippen LogP contribution in [0.5, 0.6) is 0 Å². The van der Waals surface area contributed by atoms with Crippen molar-refractivity contribution in [1.82, 2.24) is 0 Å². The van der Waals surface area contributed by atoms with Gasteiger partial charge in [0.1, 0.15) is 0 Å². The Kier molecular flexibility index (Phi) is 5.95. The summed E-state index contributed by atoms with van der Waals surface area (Å²) in [6.07, 6.45) is 2.01. The molecule has 1 unspecified atom stereocenters. The van der Waals surface area contributed by atoms with Crippen LogP contribution in [-0.4, -0.2) is 5.33 Å². The molecule has 0 aliphatic carbocycles. The molecule has 2 rings (SSSR count). The van der Waals surface area contributed by atoms with E-state index in [2.05, 4.69) is 47.1 Å². The Labute approximate surface area is 139 Å². The lowest BCUT2D eigenvalue weighted by Gasteiger charge is -2.16. The van der Waals surface area contributed by atoms with Gasteiger partial charge in [-0.05, 0) is 54.5 Å². The van der Waals surface area contributed by atoms with Crippen LogP contribution in [0.15, 0.2) is 42.5 Å². The molecule has 1 atom stereocenters. The average Bonchev–Trinajstić information content (AvgIpc) is 2.43. The fraction of sp³-hybridized carbons (Fsp3) is 0.294. The predicted octanol–water partition coefficient (Wildman–Crippen LogP) is 6.10. The van der Waals surface area contributed by atoms with Crippen molar-refractivity contribution in [2.75, 3.05) is 5.33 Å². The summed E-state index contributed by atoms with van der Waals surface area (Å²) in [4.78, 5) is 0. The van der Waals surface area contributed by atoms with E-state index in [0.717, 1.165) is 28.8 Å². The van der Waals surface area contributed by atoms with Crippen molar-refractivity contribution >= 4 is 39.1 Å². The second-order valence-electron chi connectivity index (χ2n) is 5.09. The summed E-state index contributed by atoms with van der Waals surface area (Å²) in [5.41, 5.74) is 3.91. The van der Waals surface area contributed by atoms with E-state index in [-0.39, 0.29) is 0 Å². The van der Waals surface area contributed by atoms with Crippen LogP contribution in [0.2, 0.25) is 10.0 Å². The third-order valence-corrected chi connectivity index (χ3v) is 5.01. The van der Waals surface area contributed by atoms with Crippen LogP contribution in [0.4, 0.5) is 0 Å². The maximum atomic E-state index is 6.27. The van der Waals surface area contributed by atoms with Crippen molar-refractivity contribution in [2.24, 2.45) is 5.92 Å². The fourth-order valence-electron chi connectivity index (χ4n) is 2.33. The van der Waals surface area contributed by atoms with Gasteiger partial charge in [0.25, 0.3) is 0 Å². The summed E-state index contributed by atoms with van der Waals surface area (Å²) in [7, 11) is 0. The van der Waals surface area contributed by atoms with Gasteiger partial charge in [-0.3, -0.25) is 0 Å². The fourth-order valence-corrected chi connectivity index (χ4v) is 3.27. The zero-order valence-corrected chi connectivity index (χ0v) is 14.5. The van der Waals surface area contributed by atoms with Crippen LogP contribution in [0.25, 0.3) is 0 Å². The van der Waals surface area contributed by atoms with Gasteiger partial charge in [-0.25, -0.2) is 0 Å². The number of alkyl halides is 1. The Balaban J connectivity index is 2.11. The molecule has 0 aliphatic heterocycles. The Hall–Kier alpha value is -0.500. The van der Waals surface area contributed by atoms with Crippen molar-refractivity contribution in [3.63, 3.8) is 0 Å². The maximum Gasteiger partial charge on any atom is 0.0452 e. The minimum Gasteiger partial charge on any atom is -0.0925 e. The average molecular weight is 372 g/mol. The summed E-state index contributed by atoms with van der Waals surface area (Å²) < 4.78 is 0.